The molecular weight excluding hydrogens is 853 g/mol. The lowest BCUT2D eigenvalue weighted by atomic mass is 10.1. The molecule has 0 rings (SSSR count). The Morgan fingerprint density at radius 1 is 0.304 bits per heavy atom. The number of hydrogen-bond acceptors (Lipinski definition) is 6. The van der Waals surface area contributed by atoms with Gasteiger partial charge in [-0.2, -0.15) is 0 Å². The monoisotopic (exact) mass is 961 g/mol. The van der Waals surface area contributed by atoms with E-state index in [1.54, 1.807) is 0 Å². The van der Waals surface area contributed by atoms with Crippen molar-refractivity contribution < 1.29 is 28.6 Å². The molecule has 0 fully saturated rings. The van der Waals surface area contributed by atoms with Crippen molar-refractivity contribution in [1.29, 1.82) is 0 Å². The zero-order valence-corrected chi connectivity index (χ0v) is 45.3. The van der Waals surface area contributed by atoms with Crippen LogP contribution in [0.3, 0.4) is 0 Å². The molecule has 0 aliphatic heterocycles. The molecule has 0 aromatic heterocycles. The fourth-order valence-corrected chi connectivity index (χ4v) is 7.97. The van der Waals surface area contributed by atoms with Crippen LogP contribution in [0.5, 0.6) is 0 Å². The van der Waals surface area contributed by atoms with Crippen molar-refractivity contribution in [2.24, 2.45) is 0 Å². The number of carbonyl (C=O) groups is 3. The van der Waals surface area contributed by atoms with Crippen LogP contribution >= 0.6 is 0 Å². The highest BCUT2D eigenvalue weighted by molar-refractivity contribution is 5.71. The quantitative estimate of drug-likeness (QED) is 0.0262. The van der Waals surface area contributed by atoms with E-state index in [2.05, 4.69) is 106 Å². The summed E-state index contributed by atoms with van der Waals surface area (Å²) in [5.74, 6) is -0.901. The van der Waals surface area contributed by atoms with Crippen LogP contribution in [-0.4, -0.2) is 37.2 Å². The van der Waals surface area contributed by atoms with Crippen molar-refractivity contribution in [1.82, 2.24) is 0 Å². The summed E-state index contributed by atoms with van der Waals surface area (Å²) in [7, 11) is 0. The van der Waals surface area contributed by atoms with Crippen molar-refractivity contribution in [2.45, 2.75) is 284 Å². The van der Waals surface area contributed by atoms with E-state index in [1.807, 2.05) is 0 Å². The third-order valence-corrected chi connectivity index (χ3v) is 12.4. The number of carbonyl (C=O) groups excluding carboxylic acids is 3. The molecule has 6 heteroatoms. The molecule has 0 aliphatic carbocycles. The van der Waals surface area contributed by atoms with Crippen LogP contribution in [-0.2, 0) is 28.6 Å². The Morgan fingerprint density at radius 2 is 0.580 bits per heavy atom. The van der Waals surface area contributed by atoms with Crippen LogP contribution < -0.4 is 0 Å². The molecular formula is C63H108O6. The van der Waals surface area contributed by atoms with Gasteiger partial charge in [0.25, 0.3) is 0 Å². The van der Waals surface area contributed by atoms with Gasteiger partial charge in [-0.1, -0.05) is 234 Å². The van der Waals surface area contributed by atoms with Crippen LogP contribution in [0.1, 0.15) is 278 Å². The van der Waals surface area contributed by atoms with Crippen molar-refractivity contribution in [2.75, 3.05) is 13.2 Å². The van der Waals surface area contributed by atoms with E-state index >= 15 is 0 Å². The van der Waals surface area contributed by atoms with Gasteiger partial charge in [0.1, 0.15) is 13.2 Å². The molecule has 0 saturated heterocycles. The molecule has 0 spiro atoms. The summed E-state index contributed by atoms with van der Waals surface area (Å²) in [5, 5.41) is 0. The second kappa shape index (κ2) is 57.2. The normalized spacial score (nSPS) is 12.7. The van der Waals surface area contributed by atoms with Gasteiger partial charge in [0.05, 0.1) is 0 Å². The minimum atomic E-state index is -0.786. The topological polar surface area (TPSA) is 78.9 Å². The summed E-state index contributed by atoms with van der Waals surface area (Å²) in [5.41, 5.74) is 0. The summed E-state index contributed by atoms with van der Waals surface area (Å²) in [6.45, 7) is 6.46. The Balaban J connectivity index is 4.34. The molecule has 6 nitrogen and oxygen atoms in total. The molecule has 396 valence electrons. The maximum Gasteiger partial charge on any atom is 0.306 e. The van der Waals surface area contributed by atoms with E-state index in [4.69, 9.17) is 14.2 Å². The van der Waals surface area contributed by atoms with E-state index in [0.717, 1.165) is 103 Å². The van der Waals surface area contributed by atoms with E-state index < -0.39 is 6.10 Å². The number of rotatable bonds is 52. The third kappa shape index (κ3) is 55.4. The fraction of sp³-hybridized carbons (Fsp3) is 0.730. The molecule has 1 unspecified atom stereocenters. The minimum absolute atomic E-state index is 0.0848. The molecule has 0 radical (unpaired) electrons. The van der Waals surface area contributed by atoms with Gasteiger partial charge in [-0.25, -0.2) is 0 Å². The van der Waals surface area contributed by atoms with E-state index in [0.29, 0.717) is 19.3 Å². The van der Waals surface area contributed by atoms with Crippen molar-refractivity contribution in [3.05, 3.63) is 85.1 Å². The highest BCUT2D eigenvalue weighted by Gasteiger charge is 2.19. The van der Waals surface area contributed by atoms with E-state index in [9.17, 15) is 14.4 Å². The number of unbranched alkanes of at least 4 members (excludes halogenated alkanes) is 27. The highest BCUT2D eigenvalue weighted by atomic mass is 16.6. The summed E-state index contributed by atoms with van der Waals surface area (Å²) in [6, 6.07) is 0. The largest absolute Gasteiger partial charge is 0.462 e. The standard InChI is InChI=1S/C63H108O6/c1-4-7-10-13-16-19-22-24-26-28-30-31-33-34-36-38-41-44-47-50-53-56-62(65)68-59-60(58-67-61(64)55-52-49-46-43-40-21-18-15-12-9-6-3)69-63(66)57-54-51-48-45-42-39-37-35-32-29-27-25-23-20-17-14-11-8-5-2/h7,10,15-20,24-27,30-31,60H,4-6,8-9,11-14,21-23,28-29,32-59H2,1-3H3/b10-7-,18-15-,19-16-,20-17-,26-24-,27-25-,31-30-. The Hall–Kier alpha value is -3.41. The molecule has 0 aliphatic rings. The molecule has 0 saturated carbocycles. The van der Waals surface area contributed by atoms with Crippen LogP contribution in [0.25, 0.3) is 0 Å². The molecule has 0 amide bonds. The molecule has 69 heavy (non-hydrogen) atoms. The lowest BCUT2D eigenvalue weighted by Crippen LogP contribution is -2.30. The van der Waals surface area contributed by atoms with Crippen LogP contribution in [0.2, 0.25) is 0 Å². The first-order valence-electron chi connectivity index (χ1n) is 29.1. The average molecular weight is 962 g/mol. The lowest BCUT2D eigenvalue weighted by Gasteiger charge is -2.18. The van der Waals surface area contributed by atoms with Gasteiger partial charge in [0.2, 0.25) is 0 Å². The van der Waals surface area contributed by atoms with Crippen LogP contribution in [0, 0.1) is 0 Å². The van der Waals surface area contributed by atoms with Gasteiger partial charge in [0.15, 0.2) is 6.10 Å². The zero-order chi connectivity index (χ0) is 50.0. The van der Waals surface area contributed by atoms with Gasteiger partial charge in [-0.15, -0.1) is 0 Å². The summed E-state index contributed by atoms with van der Waals surface area (Å²) >= 11 is 0. The number of hydrogen-bond donors (Lipinski definition) is 0. The van der Waals surface area contributed by atoms with Crippen molar-refractivity contribution >= 4 is 17.9 Å². The molecule has 0 bridgehead atoms. The Morgan fingerprint density at radius 3 is 0.942 bits per heavy atom. The maximum atomic E-state index is 12.9. The lowest BCUT2D eigenvalue weighted by molar-refractivity contribution is -0.167. The Bertz CT molecular complexity index is 1330. The number of esters is 3. The van der Waals surface area contributed by atoms with Gasteiger partial charge < -0.3 is 14.2 Å². The van der Waals surface area contributed by atoms with Crippen LogP contribution in [0.4, 0.5) is 0 Å². The summed E-state index contributed by atoms with van der Waals surface area (Å²) in [6.07, 6.45) is 74.3. The predicted molar refractivity (Wildman–Crippen MR) is 297 cm³/mol. The van der Waals surface area contributed by atoms with Crippen LogP contribution in [0.15, 0.2) is 85.1 Å². The maximum absolute atomic E-state index is 12.9. The highest BCUT2D eigenvalue weighted by Crippen LogP contribution is 2.15. The van der Waals surface area contributed by atoms with E-state index in [-0.39, 0.29) is 31.1 Å². The second-order valence-corrected chi connectivity index (χ2v) is 19.2. The van der Waals surface area contributed by atoms with Crippen molar-refractivity contribution in [3.8, 4) is 0 Å². The van der Waals surface area contributed by atoms with Gasteiger partial charge >= 0.3 is 17.9 Å². The van der Waals surface area contributed by atoms with Gasteiger partial charge in [0, 0.05) is 19.3 Å². The Labute approximate surface area is 426 Å². The summed E-state index contributed by atoms with van der Waals surface area (Å²) in [4.78, 5) is 38.1. The minimum Gasteiger partial charge on any atom is -0.462 e. The number of allylic oxidation sites excluding steroid dienone is 14. The third-order valence-electron chi connectivity index (χ3n) is 12.4. The average Bonchev–Trinajstić information content (AvgIpc) is 3.35. The molecule has 0 heterocycles. The summed E-state index contributed by atoms with van der Waals surface area (Å²) < 4.78 is 16.9. The van der Waals surface area contributed by atoms with Crippen molar-refractivity contribution in [3.63, 3.8) is 0 Å². The first-order chi connectivity index (χ1) is 34.0. The SMILES string of the molecule is CC/C=C\C/C=C\C/C=C\C/C=C\CCCCCCCCCCC(=O)OCC(COC(=O)CCCCCCC/C=C\CCCC)OC(=O)CCCCCCCCCCC/C=C\C/C=C\CCCCC. The van der Waals surface area contributed by atoms with Gasteiger partial charge in [-0.05, 0) is 109 Å². The zero-order valence-electron chi connectivity index (χ0n) is 45.3. The molecule has 1 atom stereocenters. The predicted octanol–water partition coefficient (Wildman–Crippen LogP) is 19.5. The first-order valence-corrected chi connectivity index (χ1v) is 29.1. The second-order valence-electron chi connectivity index (χ2n) is 19.2. The first kappa shape index (κ1) is 65.6. The molecule has 0 aromatic rings. The van der Waals surface area contributed by atoms with E-state index in [1.165, 1.54) is 135 Å². The fourth-order valence-electron chi connectivity index (χ4n) is 7.97. The Kier molecular flexibility index (Phi) is 54.3. The molecule has 0 aromatic carbocycles. The van der Waals surface area contributed by atoms with Gasteiger partial charge in [-0.3, -0.25) is 14.4 Å². The smallest absolute Gasteiger partial charge is 0.306 e. The number of ether oxygens (including phenoxy) is 3. The molecule has 0 N–H and O–H groups in total.